The highest BCUT2D eigenvalue weighted by molar-refractivity contribution is 5.77. The van der Waals surface area contributed by atoms with Crippen LogP contribution in [0.4, 0.5) is 13.2 Å². The van der Waals surface area contributed by atoms with Crippen LogP contribution in [-0.2, 0) is 5.41 Å². The summed E-state index contributed by atoms with van der Waals surface area (Å²) in [6, 6.07) is 11.7. The van der Waals surface area contributed by atoms with E-state index >= 15 is 0 Å². The predicted octanol–water partition coefficient (Wildman–Crippen LogP) is 4.91. The van der Waals surface area contributed by atoms with Crippen LogP contribution in [0.2, 0.25) is 0 Å². The predicted molar refractivity (Wildman–Crippen MR) is 93.7 cm³/mol. The Labute approximate surface area is 153 Å². The maximum Gasteiger partial charge on any atom is 0.398 e. The fourth-order valence-electron chi connectivity index (χ4n) is 3.33. The largest absolute Gasteiger partial charge is 0.398 e. The van der Waals surface area contributed by atoms with E-state index in [1.807, 2.05) is 0 Å². The molecule has 0 aliphatic heterocycles. The van der Waals surface area contributed by atoms with Crippen LogP contribution in [0.5, 0.6) is 0 Å². The second-order valence-electron chi connectivity index (χ2n) is 6.74. The van der Waals surface area contributed by atoms with Gasteiger partial charge < -0.3 is 4.98 Å². The second-order valence-corrected chi connectivity index (χ2v) is 6.74. The molecule has 0 saturated heterocycles. The Morgan fingerprint density at radius 2 is 1.85 bits per heavy atom. The van der Waals surface area contributed by atoms with Gasteiger partial charge in [0.15, 0.2) is 0 Å². The zero-order valence-corrected chi connectivity index (χ0v) is 14.4. The summed E-state index contributed by atoms with van der Waals surface area (Å²) < 4.78 is 39.9. The van der Waals surface area contributed by atoms with E-state index in [1.54, 1.807) is 31.2 Å². The number of aromatic amines is 1. The molecule has 4 rings (SSSR count). The highest BCUT2D eigenvalue weighted by Gasteiger charge is 2.64. The lowest BCUT2D eigenvalue weighted by Crippen LogP contribution is -2.28. The number of nitriles is 1. The SMILES string of the molecule is Cc1nc(-c2ccc(C3(C(F)(F)F)CC3)cc2)c(-c2cc(C#N)ccn2)[nH]1. The normalized spacial score (nSPS) is 15.4. The van der Waals surface area contributed by atoms with E-state index in [9.17, 15) is 13.2 Å². The van der Waals surface area contributed by atoms with Gasteiger partial charge in [-0.2, -0.15) is 18.4 Å². The Balaban J connectivity index is 1.74. The van der Waals surface area contributed by atoms with Gasteiger partial charge in [-0.1, -0.05) is 24.3 Å². The summed E-state index contributed by atoms with van der Waals surface area (Å²) in [5.41, 5.74) is 1.54. The molecule has 3 aromatic rings. The monoisotopic (exact) mass is 368 g/mol. The summed E-state index contributed by atoms with van der Waals surface area (Å²) in [4.78, 5) is 11.9. The number of benzene rings is 1. The van der Waals surface area contributed by atoms with E-state index in [-0.39, 0.29) is 18.4 Å². The van der Waals surface area contributed by atoms with Gasteiger partial charge in [-0.05, 0) is 37.5 Å². The number of hydrogen-bond donors (Lipinski definition) is 1. The molecule has 1 aliphatic carbocycles. The smallest absolute Gasteiger partial charge is 0.340 e. The first-order chi connectivity index (χ1) is 12.8. The summed E-state index contributed by atoms with van der Waals surface area (Å²) in [6.07, 6.45) is -2.43. The van der Waals surface area contributed by atoms with Crippen molar-refractivity contribution in [2.45, 2.75) is 31.4 Å². The number of nitrogens with zero attached hydrogens (tertiary/aromatic N) is 3. The number of halogens is 3. The van der Waals surface area contributed by atoms with Crippen molar-refractivity contribution in [1.82, 2.24) is 15.0 Å². The lowest BCUT2D eigenvalue weighted by atomic mass is 9.93. The highest BCUT2D eigenvalue weighted by atomic mass is 19.4. The van der Waals surface area contributed by atoms with E-state index in [0.717, 1.165) is 0 Å². The van der Waals surface area contributed by atoms with Crippen molar-refractivity contribution in [3.8, 4) is 28.7 Å². The third-order valence-electron chi connectivity index (χ3n) is 4.97. The average molecular weight is 368 g/mol. The van der Waals surface area contributed by atoms with Gasteiger partial charge in [-0.25, -0.2) is 4.98 Å². The van der Waals surface area contributed by atoms with Gasteiger partial charge in [-0.15, -0.1) is 0 Å². The molecule has 2 heterocycles. The van der Waals surface area contributed by atoms with E-state index < -0.39 is 11.6 Å². The number of H-pyrrole nitrogens is 1. The minimum absolute atomic E-state index is 0.132. The topological polar surface area (TPSA) is 65.4 Å². The number of hydrogen-bond acceptors (Lipinski definition) is 3. The van der Waals surface area contributed by atoms with Gasteiger partial charge in [0.05, 0.1) is 34.1 Å². The number of pyridine rings is 1. The minimum atomic E-state index is -4.23. The standard InChI is InChI=1S/C20H15F3N4/c1-12-26-17(18(27-12)16-10-13(11-24)6-9-25-16)14-2-4-15(5-3-14)19(7-8-19)20(21,22)23/h2-6,9-10H,7-8H2,1H3,(H,26,27). The van der Waals surface area contributed by atoms with Crippen LogP contribution in [0.1, 0.15) is 29.8 Å². The third kappa shape index (κ3) is 2.87. The first-order valence-electron chi connectivity index (χ1n) is 8.45. The first-order valence-corrected chi connectivity index (χ1v) is 8.45. The number of nitrogens with one attached hydrogen (secondary N) is 1. The highest BCUT2D eigenvalue weighted by Crippen LogP contribution is 2.58. The molecule has 1 N–H and O–H groups in total. The molecule has 0 spiro atoms. The molecule has 4 nitrogen and oxygen atoms in total. The molecule has 0 unspecified atom stereocenters. The van der Waals surface area contributed by atoms with Crippen LogP contribution >= 0.6 is 0 Å². The van der Waals surface area contributed by atoms with E-state index in [4.69, 9.17) is 5.26 Å². The van der Waals surface area contributed by atoms with Crippen molar-refractivity contribution in [3.05, 3.63) is 59.5 Å². The summed E-state index contributed by atoms with van der Waals surface area (Å²) >= 11 is 0. The molecule has 27 heavy (non-hydrogen) atoms. The summed E-state index contributed by atoms with van der Waals surface area (Å²) in [6.45, 7) is 1.79. The van der Waals surface area contributed by atoms with Gasteiger partial charge in [0.1, 0.15) is 5.82 Å². The molecular formula is C20H15F3N4. The molecule has 7 heteroatoms. The molecule has 0 bridgehead atoms. The number of aromatic nitrogens is 3. The molecule has 1 aliphatic rings. The maximum absolute atomic E-state index is 13.3. The molecule has 2 aromatic heterocycles. The van der Waals surface area contributed by atoms with Crippen LogP contribution in [0.25, 0.3) is 22.6 Å². The molecular weight excluding hydrogens is 353 g/mol. The molecule has 0 radical (unpaired) electrons. The van der Waals surface area contributed by atoms with Gasteiger partial charge in [0.2, 0.25) is 0 Å². The van der Waals surface area contributed by atoms with Crippen molar-refractivity contribution in [3.63, 3.8) is 0 Å². The van der Waals surface area contributed by atoms with Crippen molar-refractivity contribution in [2.75, 3.05) is 0 Å². The average Bonchev–Trinajstić information content (AvgIpc) is 3.39. The van der Waals surface area contributed by atoms with Crippen LogP contribution in [-0.4, -0.2) is 21.1 Å². The van der Waals surface area contributed by atoms with E-state index in [1.165, 1.54) is 18.3 Å². The zero-order valence-electron chi connectivity index (χ0n) is 14.4. The number of alkyl halides is 3. The molecule has 1 fully saturated rings. The van der Waals surface area contributed by atoms with Crippen LogP contribution < -0.4 is 0 Å². The minimum Gasteiger partial charge on any atom is -0.340 e. The molecule has 1 aromatic carbocycles. The van der Waals surface area contributed by atoms with Gasteiger partial charge in [0, 0.05) is 11.8 Å². The van der Waals surface area contributed by atoms with Crippen LogP contribution in [0.3, 0.4) is 0 Å². The maximum atomic E-state index is 13.3. The van der Waals surface area contributed by atoms with Crippen molar-refractivity contribution < 1.29 is 13.2 Å². The van der Waals surface area contributed by atoms with Gasteiger partial charge in [-0.3, -0.25) is 4.98 Å². The molecule has 1 saturated carbocycles. The quantitative estimate of drug-likeness (QED) is 0.714. The Morgan fingerprint density at radius 3 is 2.44 bits per heavy atom. The lowest BCUT2D eigenvalue weighted by Gasteiger charge is -2.19. The van der Waals surface area contributed by atoms with Crippen molar-refractivity contribution in [2.24, 2.45) is 0 Å². The van der Waals surface area contributed by atoms with Gasteiger partial charge in [0.25, 0.3) is 0 Å². The Kier molecular flexibility index (Phi) is 3.81. The molecule has 0 atom stereocenters. The summed E-state index contributed by atoms with van der Waals surface area (Å²) in [5.74, 6) is 0.655. The van der Waals surface area contributed by atoms with E-state index in [0.29, 0.717) is 34.0 Å². The zero-order chi connectivity index (χ0) is 19.2. The number of rotatable bonds is 3. The molecule has 0 amide bonds. The lowest BCUT2D eigenvalue weighted by molar-refractivity contribution is -0.160. The van der Waals surface area contributed by atoms with Crippen molar-refractivity contribution in [1.29, 1.82) is 5.26 Å². The Morgan fingerprint density at radius 1 is 1.15 bits per heavy atom. The summed E-state index contributed by atoms with van der Waals surface area (Å²) in [7, 11) is 0. The fourth-order valence-corrected chi connectivity index (χ4v) is 3.33. The van der Waals surface area contributed by atoms with Crippen LogP contribution in [0.15, 0.2) is 42.6 Å². The van der Waals surface area contributed by atoms with E-state index in [2.05, 4.69) is 21.0 Å². The second kappa shape index (κ2) is 5.95. The molecule has 136 valence electrons. The summed E-state index contributed by atoms with van der Waals surface area (Å²) in [5, 5.41) is 9.08. The third-order valence-corrected chi connectivity index (χ3v) is 4.97. The Hall–Kier alpha value is -3.14. The van der Waals surface area contributed by atoms with Crippen molar-refractivity contribution >= 4 is 0 Å². The number of imidazole rings is 1. The van der Waals surface area contributed by atoms with Gasteiger partial charge >= 0.3 is 6.18 Å². The Bertz CT molecular complexity index is 1040. The fraction of sp³-hybridized carbons (Fsp3) is 0.250. The first kappa shape index (κ1) is 17.3. The van der Waals surface area contributed by atoms with Crippen LogP contribution in [0, 0.1) is 18.3 Å². The number of aryl methyl sites for hydroxylation is 1.